The van der Waals surface area contributed by atoms with Gasteiger partial charge in [0.05, 0.1) is 0 Å². The topological polar surface area (TPSA) is 12.4 Å². The van der Waals surface area contributed by atoms with Crippen LogP contribution < -0.4 is 0 Å². The maximum Gasteiger partial charge on any atom is 0 e. The zero-order valence-corrected chi connectivity index (χ0v) is 29.3. The van der Waals surface area contributed by atoms with Gasteiger partial charge in [-0.05, 0) is 0 Å². The molecule has 0 saturated heterocycles. The van der Waals surface area contributed by atoms with Crippen LogP contribution in [0.3, 0.4) is 0 Å². The van der Waals surface area contributed by atoms with Crippen molar-refractivity contribution < 1.29 is 121 Å². The zero-order valence-electron chi connectivity index (χ0n) is 11.7. The van der Waals surface area contributed by atoms with Gasteiger partial charge in [0, 0.05) is 63.2 Å². The average Bonchev–Trinajstić information content (AvgIpc) is 2.47. The molecule has 0 spiro atoms. The maximum absolute atomic E-state index is 4.52. The first kappa shape index (κ1) is 30.3. The third kappa shape index (κ3) is 16.1. The number of hydrogen-bond donors (Lipinski definition) is 0. The summed E-state index contributed by atoms with van der Waals surface area (Å²) in [5, 5.41) is 0. The van der Waals surface area contributed by atoms with Crippen molar-refractivity contribution in [2.24, 2.45) is 16.3 Å². The average molecular weight is 1280 g/mol. The minimum absolute atomic E-state index is 0. The van der Waals surface area contributed by atoms with E-state index in [1.54, 1.807) is 23.3 Å². The van der Waals surface area contributed by atoms with E-state index in [2.05, 4.69) is 44.0 Å². The van der Waals surface area contributed by atoms with Crippen LogP contribution in [0.25, 0.3) is 0 Å². The second kappa shape index (κ2) is 15.0. The largest absolute Gasteiger partial charge is 0 e. The molecule has 1 heterocycles. The Morgan fingerprint density at radius 2 is 1.47 bits per heavy atom. The van der Waals surface area contributed by atoms with Crippen LogP contribution in [0.1, 0.15) is 41.0 Å². The fourth-order valence-corrected chi connectivity index (χ4v) is 2.18. The van der Waals surface area contributed by atoms with Crippen molar-refractivity contribution in [3.8, 4) is 0 Å². The first-order chi connectivity index (χ1) is 7.17. The summed E-state index contributed by atoms with van der Waals surface area (Å²) in [4.78, 5) is 4.52. The molecule has 0 bridgehead atoms. The monoisotopic (exact) mass is 1280 g/mol. The van der Waals surface area contributed by atoms with Gasteiger partial charge in [0.2, 0.25) is 0 Å². The Bertz CT molecular complexity index is 328. The van der Waals surface area contributed by atoms with Crippen LogP contribution in [0.4, 0.5) is 0 Å². The van der Waals surface area contributed by atoms with Crippen molar-refractivity contribution in [3.63, 3.8) is 0 Å². The molecule has 0 aromatic heterocycles. The van der Waals surface area contributed by atoms with E-state index in [4.69, 9.17) is 0 Å². The van der Waals surface area contributed by atoms with Crippen LogP contribution in [0.15, 0.2) is 4.99 Å². The summed E-state index contributed by atoms with van der Waals surface area (Å²) >= 11 is 4.56. The minimum Gasteiger partial charge on any atom is 0 e. The molecule has 1 nitrogen and oxygen atoms in total. The third-order valence-corrected chi connectivity index (χ3v) is 8.44. The number of nitrogens with zero attached hydrogens (tertiary/aromatic N) is 1. The molecule has 1 aliphatic heterocycles. The molecule has 0 saturated carbocycles. The fraction of sp³-hybridized carbons (Fsp3) is 0.667. The van der Waals surface area contributed by atoms with Crippen LogP contribution >= 0.6 is 0 Å². The standard InChI is InChI=1S/C7H9N.C5H9.6W/c1-6(2)7-4-3-5-8-7;1-5(2,3)4;;;;;;/h6H,4H2,1-2H3;1-3H3;;;;;;/q;-1;;;;;;. The van der Waals surface area contributed by atoms with Gasteiger partial charge >= 0.3 is 133 Å². The molecule has 7 heteroatoms. The molecule has 108 valence electrons. The van der Waals surface area contributed by atoms with Gasteiger partial charge in [0.15, 0.2) is 0 Å². The molecule has 1 rings (SSSR count). The van der Waals surface area contributed by atoms with Crippen molar-refractivity contribution >= 4 is 18.0 Å². The summed E-state index contributed by atoms with van der Waals surface area (Å²) in [5.74, 6) is 0.645. The van der Waals surface area contributed by atoms with Crippen molar-refractivity contribution in [1.29, 1.82) is 0 Å². The quantitative estimate of drug-likeness (QED) is 0.358. The fourth-order valence-electron chi connectivity index (χ4n) is 0.806. The van der Waals surface area contributed by atoms with E-state index in [1.807, 2.05) is 0 Å². The van der Waals surface area contributed by atoms with Gasteiger partial charge in [0.1, 0.15) is 0 Å². The van der Waals surface area contributed by atoms with Gasteiger partial charge < -0.3 is 0 Å². The molecular weight excluding hydrogens is 1260 g/mol. The smallest absolute Gasteiger partial charge is 0 e. The molecule has 1 aliphatic rings. The molecule has 0 unspecified atom stereocenters. The van der Waals surface area contributed by atoms with Crippen LogP contribution in [0.5, 0.6) is 0 Å². The van der Waals surface area contributed by atoms with Gasteiger partial charge in [0.25, 0.3) is 0 Å². The molecule has 0 aromatic carbocycles. The van der Waals surface area contributed by atoms with Gasteiger partial charge in [-0.2, -0.15) is 0 Å². The summed E-state index contributed by atoms with van der Waals surface area (Å²) in [5.41, 5.74) is 1.71. The van der Waals surface area contributed by atoms with Crippen molar-refractivity contribution in [3.05, 3.63) is 0 Å². The molecule has 0 N–H and O–H groups in total. The summed E-state index contributed by atoms with van der Waals surface area (Å²) < 4.78 is 6.09. The van der Waals surface area contributed by atoms with Crippen LogP contribution in [-0.4, -0.2) is 18.0 Å². The second-order valence-corrected chi connectivity index (χ2v) is 8.91. The Balaban J connectivity index is -0.000000112. The van der Waals surface area contributed by atoms with Gasteiger partial charge in [-0.1, -0.05) is 0 Å². The summed E-state index contributed by atoms with van der Waals surface area (Å²) in [6, 6.07) is 0. The van der Waals surface area contributed by atoms with Crippen molar-refractivity contribution in [2.75, 3.05) is 0 Å². The Kier molecular flexibility index (Phi) is 23.9. The predicted molar refractivity (Wildman–Crippen MR) is 61.4 cm³/mol. The third-order valence-electron chi connectivity index (χ3n) is 1.80. The Morgan fingerprint density at radius 1 is 1.11 bits per heavy atom. The summed E-state index contributed by atoms with van der Waals surface area (Å²) in [6.07, 6.45) is 1.16. The molecule has 0 fully saturated rings. The SMILES string of the molecule is CC(C)(C)[C-]=[W].CC(C)C1=N[C](=[W])[C](=[W])C1.[W].[W].[W]. The molecule has 0 atom stereocenters. The van der Waals surface area contributed by atoms with Gasteiger partial charge in [-0.3, -0.25) is 0 Å². The van der Waals surface area contributed by atoms with Crippen LogP contribution in [0, 0.1) is 11.3 Å². The van der Waals surface area contributed by atoms with E-state index in [-0.39, 0.29) is 63.2 Å². The molecular formula is C12H18NW6-. The Morgan fingerprint density at radius 3 is 1.58 bits per heavy atom. The molecule has 19 heavy (non-hydrogen) atoms. The van der Waals surface area contributed by atoms with E-state index >= 15 is 0 Å². The Labute approximate surface area is 193 Å². The molecule has 0 aliphatic carbocycles. The summed E-state index contributed by atoms with van der Waals surface area (Å²) in [6.45, 7) is 10.9. The second-order valence-electron chi connectivity index (χ2n) is 5.02. The van der Waals surface area contributed by atoms with Gasteiger partial charge in [-0.15, -0.1) is 0 Å². The molecule has 0 aromatic rings. The molecule has 0 amide bonds. The van der Waals surface area contributed by atoms with E-state index in [1.165, 1.54) is 48.4 Å². The zero-order chi connectivity index (χ0) is 12.9. The predicted octanol–water partition coefficient (Wildman–Crippen LogP) is 2.13. The first-order valence-corrected chi connectivity index (χ1v) is 9.61. The van der Waals surface area contributed by atoms with E-state index in [0.29, 0.717) is 11.3 Å². The number of rotatable bonds is 1. The van der Waals surface area contributed by atoms with Crippen molar-refractivity contribution in [2.45, 2.75) is 41.0 Å². The number of aliphatic imine (C=N–C) groups is 1. The van der Waals surface area contributed by atoms with Gasteiger partial charge in [-0.25, -0.2) is 0 Å². The minimum atomic E-state index is 0. The van der Waals surface area contributed by atoms with Crippen LogP contribution in [-0.2, 0) is 121 Å². The first-order valence-electron chi connectivity index (χ1n) is 5.21. The van der Waals surface area contributed by atoms with Crippen LogP contribution in [0.2, 0.25) is 0 Å². The molecule has 0 radical (unpaired) electrons. The summed E-state index contributed by atoms with van der Waals surface area (Å²) in [7, 11) is 0. The maximum atomic E-state index is 4.52. The van der Waals surface area contributed by atoms with E-state index in [0.717, 1.165) is 6.42 Å². The Hall–Kier alpha value is 3.41. The van der Waals surface area contributed by atoms with E-state index in [9.17, 15) is 0 Å². The normalized spacial score (nSPS) is 13.3. The number of hydrogen-bond acceptors (Lipinski definition) is 1. The van der Waals surface area contributed by atoms with Crippen molar-refractivity contribution in [1.82, 2.24) is 0 Å². The van der Waals surface area contributed by atoms with E-state index < -0.39 is 0 Å².